The average molecular weight is 223 g/mol. The summed E-state index contributed by atoms with van der Waals surface area (Å²) in [5.74, 6) is 0. The van der Waals surface area contributed by atoms with Gasteiger partial charge in [0.25, 0.3) is 0 Å². The number of anilines is 2. The van der Waals surface area contributed by atoms with Crippen molar-refractivity contribution in [3.63, 3.8) is 0 Å². The van der Waals surface area contributed by atoms with Crippen LogP contribution in [0.4, 0.5) is 11.4 Å². The third kappa shape index (κ3) is 4.49. The van der Waals surface area contributed by atoms with Gasteiger partial charge in [0.2, 0.25) is 0 Å². The highest BCUT2D eigenvalue weighted by Gasteiger charge is 2.00. The number of hydrogen-bond acceptors (Lipinski definition) is 4. The van der Waals surface area contributed by atoms with Crippen LogP contribution in [0.15, 0.2) is 18.5 Å². The van der Waals surface area contributed by atoms with Crippen LogP contribution in [0.5, 0.6) is 0 Å². The Bertz CT molecular complexity index is 304. The summed E-state index contributed by atoms with van der Waals surface area (Å²) in [5, 5.41) is 15.9. The minimum atomic E-state index is -0.211. The number of aliphatic hydroxyl groups excluding tert-OH is 1. The lowest BCUT2D eigenvalue weighted by molar-refractivity contribution is 0.164. The standard InChI is InChI=1S/C12H21N3O/c1-3-12(16)5-6-15-11-7-10(14-4-2)8-13-9-11/h7-9,12,14-16H,3-6H2,1-2H3. The molecule has 1 unspecified atom stereocenters. The van der Waals surface area contributed by atoms with Gasteiger partial charge in [-0.3, -0.25) is 4.98 Å². The molecule has 1 aromatic heterocycles. The molecule has 0 amide bonds. The highest BCUT2D eigenvalue weighted by Crippen LogP contribution is 2.12. The highest BCUT2D eigenvalue weighted by molar-refractivity contribution is 5.53. The molecule has 3 N–H and O–H groups in total. The van der Waals surface area contributed by atoms with Gasteiger partial charge in [-0.25, -0.2) is 0 Å². The average Bonchev–Trinajstić information content (AvgIpc) is 2.30. The number of hydrogen-bond donors (Lipinski definition) is 3. The maximum atomic E-state index is 9.41. The van der Waals surface area contributed by atoms with Crippen molar-refractivity contribution in [1.82, 2.24) is 4.98 Å². The van der Waals surface area contributed by atoms with Gasteiger partial charge in [0, 0.05) is 13.1 Å². The van der Waals surface area contributed by atoms with Crippen molar-refractivity contribution < 1.29 is 5.11 Å². The number of pyridine rings is 1. The molecule has 0 aliphatic heterocycles. The SMILES string of the molecule is CCNc1cncc(NCCC(O)CC)c1. The second kappa shape index (κ2) is 7.06. The molecule has 0 fully saturated rings. The second-order valence-electron chi connectivity index (χ2n) is 3.77. The lowest BCUT2D eigenvalue weighted by atomic mass is 10.2. The second-order valence-corrected chi connectivity index (χ2v) is 3.77. The molecule has 0 aliphatic rings. The Balaban J connectivity index is 2.38. The van der Waals surface area contributed by atoms with E-state index in [4.69, 9.17) is 0 Å². The highest BCUT2D eigenvalue weighted by atomic mass is 16.3. The van der Waals surface area contributed by atoms with E-state index in [1.807, 2.05) is 13.0 Å². The predicted octanol–water partition coefficient (Wildman–Crippen LogP) is 2.09. The largest absolute Gasteiger partial charge is 0.393 e. The van der Waals surface area contributed by atoms with Crippen LogP contribution in [0.2, 0.25) is 0 Å². The van der Waals surface area contributed by atoms with Crippen molar-refractivity contribution in [2.45, 2.75) is 32.8 Å². The summed E-state index contributed by atoms with van der Waals surface area (Å²) in [6.07, 6.45) is 4.95. The zero-order chi connectivity index (χ0) is 11.8. The molecule has 90 valence electrons. The van der Waals surface area contributed by atoms with Gasteiger partial charge in [-0.15, -0.1) is 0 Å². The van der Waals surface area contributed by atoms with Gasteiger partial charge in [0.1, 0.15) is 0 Å². The van der Waals surface area contributed by atoms with Crippen LogP contribution in [0.1, 0.15) is 26.7 Å². The van der Waals surface area contributed by atoms with Crippen molar-refractivity contribution >= 4 is 11.4 Å². The molecule has 0 saturated heterocycles. The van der Waals surface area contributed by atoms with Gasteiger partial charge in [-0.1, -0.05) is 6.92 Å². The van der Waals surface area contributed by atoms with Crippen LogP contribution >= 0.6 is 0 Å². The van der Waals surface area contributed by atoms with E-state index in [2.05, 4.69) is 22.5 Å². The van der Waals surface area contributed by atoms with Gasteiger partial charge in [-0.05, 0) is 25.8 Å². The van der Waals surface area contributed by atoms with Crippen LogP contribution < -0.4 is 10.6 Å². The first-order valence-electron chi connectivity index (χ1n) is 5.87. The number of nitrogens with one attached hydrogen (secondary N) is 2. The van der Waals surface area contributed by atoms with E-state index in [0.717, 1.165) is 37.3 Å². The van der Waals surface area contributed by atoms with Crippen molar-refractivity contribution in [3.05, 3.63) is 18.5 Å². The Morgan fingerprint density at radius 1 is 1.25 bits per heavy atom. The summed E-state index contributed by atoms with van der Waals surface area (Å²) in [5.41, 5.74) is 2.00. The third-order valence-corrected chi connectivity index (χ3v) is 2.40. The normalized spacial score (nSPS) is 12.2. The molecule has 0 spiro atoms. The first-order valence-corrected chi connectivity index (χ1v) is 5.87. The molecule has 1 atom stereocenters. The minimum Gasteiger partial charge on any atom is -0.393 e. The summed E-state index contributed by atoms with van der Waals surface area (Å²) < 4.78 is 0. The molecule has 0 aliphatic carbocycles. The summed E-state index contributed by atoms with van der Waals surface area (Å²) in [6, 6.07) is 2.02. The van der Waals surface area contributed by atoms with E-state index < -0.39 is 0 Å². The lowest BCUT2D eigenvalue weighted by Crippen LogP contribution is -2.12. The van der Waals surface area contributed by atoms with E-state index in [0.29, 0.717) is 0 Å². The van der Waals surface area contributed by atoms with Crippen molar-refractivity contribution in [2.75, 3.05) is 23.7 Å². The summed E-state index contributed by atoms with van der Waals surface area (Å²) in [7, 11) is 0. The third-order valence-electron chi connectivity index (χ3n) is 2.40. The first kappa shape index (κ1) is 12.8. The fourth-order valence-corrected chi connectivity index (χ4v) is 1.42. The molecule has 1 rings (SSSR count). The van der Waals surface area contributed by atoms with Crippen LogP contribution in [-0.2, 0) is 0 Å². The zero-order valence-electron chi connectivity index (χ0n) is 10.0. The molecule has 16 heavy (non-hydrogen) atoms. The molecule has 0 aromatic carbocycles. The fraction of sp³-hybridized carbons (Fsp3) is 0.583. The van der Waals surface area contributed by atoms with Crippen molar-refractivity contribution in [3.8, 4) is 0 Å². The lowest BCUT2D eigenvalue weighted by Gasteiger charge is -2.10. The zero-order valence-corrected chi connectivity index (χ0v) is 10.0. The van der Waals surface area contributed by atoms with Gasteiger partial charge in [0.05, 0.1) is 29.9 Å². The molecular formula is C12H21N3O. The smallest absolute Gasteiger partial charge is 0.0554 e. The van der Waals surface area contributed by atoms with E-state index >= 15 is 0 Å². The molecule has 0 radical (unpaired) electrons. The van der Waals surface area contributed by atoms with Crippen LogP contribution in [-0.4, -0.2) is 29.3 Å². The molecule has 0 saturated carbocycles. The Hall–Kier alpha value is -1.29. The number of nitrogens with zero attached hydrogens (tertiary/aromatic N) is 1. The Morgan fingerprint density at radius 2 is 1.94 bits per heavy atom. The maximum absolute atomic E-state index is 9.41. The molecule has 1 aromatic rings. The number of aliphatic hydroxyl groups is 1. The van der Waals surface area contributed by atoms with Crippen molar-refractivity contribution in [1.29, 1.82) is 0 Å². The van der Waals surface area contributed by atoms with Gasteiger partial charge >= 0.3 is 0 Å². The predicted molar refractivity (Wildman–Crippen MR) is 67.8 cm³/mol. The van der Waals surface area contributed by atoms with Crippen LogP contribution in [0.3, 0.4) is 0 Å². The molecule has 4 heteroatoms. The van der Waals surface area contributed by atoms with E-state index in [9.17, 15) is 5.11 Å². The van der Waals surface area contributed by atoms with Gasteiger partial charge in [-0.2, -0.15) is 0 Å². The quantitative estimate of drug-likeness (QED) is 0.662. The topological polar surface area (TPSA) is 57.2 Å². The molecule has 1 heterocycles. The van der Waals surface area contributed by atoms with Crippen molar-refractivity contribution in [2.24, 2.45) is 0 Å². The van der Waals surface area contributed by atoms with Crippen LogP contribution in [0.25, 0.3) is 0 Å². The Morgan fingerprint density at radius 3 is 2.56 bits per heavy atom. The summed E-state index contributed by atoms with van der Waals surface area (Å²) in [4.78, 5) is 4.13. The summed E-state index contributed by atoms with van der Waals surface area (Å²) in [6.45, 7) is 5.70. The molecule has 0 bridgehead atoms. The van der Waals surface area contributed by atoms with Gasteiger partial charge < -0.3 is 15.7 Å². The van der Waals surface area contributed by atoms with E-state index in [1.54, 1.807) is 12.4 Å². The fourth-order valence-electron chi connectivity index (χ4n) is 1.42. The Labute approximate surface area is 97.1 Å². The molecular weight excluding hydrogens is 202 g/mol. The maximum Gasteiger partial charge on any atom is 0.0554 e. The van der Waals surface area contributed by atoms with E-state index in [1.165, 1.54) is 0 Å². The van der Waals surface area contributed by atoms with Crippen LogP contribution in [0, 0.1) is 0 Å². The number of aromatic nitrogens is 1. The molecule has 4 nitrogen and oxygen atoms in total. The first-order chi connectivity index (χ1) is 7.76. The monoisotopic (exact) mass is 223 g/mol. The Kier molecular flexibility index (Phi) is 5.64. The number of rotatable bonds is 7. The van der Waals surface area contributed by atoms with Gasteiger partial charge in [0.15, 0.2) is 0 Å². The van der Waals surface area contributed by atoms with E-state index in [-0.39, 0.29) is 6.10 Å². The minimum absolute atomic E-state index is 0.211. The summed E-state index contributed by atoms with van der Waals surface area (Å²) >= 11 is 0.